The molecule has 28 heavy (non-hydrogen) atoms. The first-order chi connectivity index (χ1) is 13.6. The number of anilines is 1. The number of methoxy groups -OCH3 is 3. The molecule has 0 aliphatic carbocycles. The van der Waals surface area contributed by atoms with Crippen LogP contribution in [0.5, 0.6) is 17.2 Å². The average Bonchev–Trinajstić information content (AvgIpc) is 2.74. The van der Waals surface area contributed by atoms with Crippen LogP contribution < -0.4 is 19.1 Å². The molecule has 1 unspecified atom stereocenters. The highest BCUT2D eigenvalue weighted by Gasteiger charge is 2.33. The highest BCUT2D eigenvalue weighted by molar-refractivity contribution is 6.02. The lowest BCUT2D eigenvalue weighted by Gasteiger charge is -2.33. The zero-order valence-corrected chi connectivity index (χ0v) is 16.5. The number of fused-ring (bicyclic) bond motifs is 3. The second-order valence-corrected chi connectivity index (χ2v) is 6.89. The molecule has 3 aromatic rings. The van der Waals surface area contributed by atoms with E-state index in [9.17, 15) is 4.79 Å². The van der Waals surface area contributed by atoms with Gasteiger partial charge in [-0.15, -0.1) is 0 Å². The topological polar surface area (TPSA) is 48.0 Å². The van der Waals surface area contributed by atoms with Gasteiger partial charge in [0.1, 0.15) is 0 Å². The Hall–Kier alpha value is -3.21. The van der Waals surface area contributed by atoms with Crippen molar-refractivity contribution >= 4 is 22.4 Å². The van der Waals surface area contributed by atoms with Crippen LogP contribution >= 0.6 is 0 Å². The molecule has 1 atom stereocenters. The van der Waals surface area contributed by atoms with Gasteiger partial charge in [-0.05, 0) is 40.1 Å². The van der Waals surface area contributed by atoms with Crippen LogP contribution in [0.1, 0.15) is 23.5 Å². The Morgan fingerprint density at radius 2 is 1.61 bits per heavy atom. The van der Waals surface area contributed by atoms with E-state index in [2.05, 4.69) is 18.2 Å². The SMILES string of the molecule is COc1cc(C2CC(=O)N(C)c3ccc4ccccc4c32)cc(OC)c1OC. The number of hydrogen-bond acceptors (Lipinski definition) is 4. The van der Waals surface area contributed by atoms with Crippen molar-refractivity contribution in [1.29, 1.82) is 0 Å². The fourth-order valence-electron chi connectivity index (χ4n) is 4.08. The smallest absolute Gasteiger partial charge is 0.227 e. The average molecular weight is 377 g/mol. The molecule has 0 aromatic heterocycles. The Kier molecular flexibility index (Phi) is 4.59. The summed E-state index contributed by atoms with van der Waals surface area (Å²) in [6, 6.07) is 16.2. The summed E-state index contributed by atoms with van der Waals surface area (Å²) in [6.07, 6.45) is 0.385. The Bertz CT molecular complexity index is 1030. The molecule has 3 aromatic carbocycles. The van der Waals surface area contributed by atoms with Gasteiger partial charge < -0.3 is 19.1 Å². The van der Waals surface area contributed by atoms with Crippen LogP contribution in [0.3, 0.4) is 0 Å². The van der Waals surface area contributed by atoms with Crippen molar-refractivity contribution in [3.8, 4) is 17.2 Å². The Morgan fingerprint density at radius 1 is 0.929 bits per heavy atom. The van der Waals surface area contributed by atoms with Crippen LogP contribution in [0, 0.1) is 0 Å². The van der Waals surface area contributed by atoms with Crippen LogP contribution in [0.2, 0.25) is 0 Å². The van der Waals surface area contributed by atoms with Gasteiger partial charge in [0.15, 0.2) is 11.5 Å². The maximum Gasteiger partial charge on any atom is 0.227 e. The minimum Gasteiger partial charge on any atom is -0.493 e. The predicted molar refractivity (Wildman–Crippen MR) is 110 cm³/mol. The van der Waals surface area contributed by atoms with Gasteiger partial charge in [-0.2, -0.15) is 0 Å². The molecule has 0 spiro atoms. The fraction of sp³-hybridized carbons (Fsp3) is 0.261. The second-order valence-electron chi connectivity index (χ2n) is 6.89. The molecule has 0 fully saturated rings. The van der Waals surface area contributed by atoms with Gasteiger partial charge in [0.2, 0.25) is 11.7 Å². The largest absolute Gasteiger partial charge is 0.493 e. The van der Waals surface area contributed by atoms with Crippen LogP contribution in [0.15, 0.2) is 48.5 Å². The van der Waals surface area contributed by atoms with Crippen LogP contribution in [0.4, 0.5) is 5.69 Å². The maximum absolute atomic E-state index is 12.7. The highest BCUT2D eigenvalue weighted by Crippen LogP contribution is 2.47. The molecule has 0 N–H and O–H groups in total. The van der Waals surface area contributed by atoms with E-state index < -0.39 is 0 Å². The zero-order chi connectivity index (χ0) is 19.8. The third-order valence-corrected chi connectivity index (χ3v) is 5.50. The third-order valence-electron chi connectivity index (χ3n) is 5.50. The number of carbonyl (C=O) groups excluding carboxylic acids is 1. The number of rotatable bonds is 4. The van der Waals surface area contributed by atoms with Gasteiger partial charge in [-0.1, -0.05) is 30.3 Å². The number of nitrogens with zero attached hydrogens (tertiary/aromatic N) is 1. The number of carbonyl (C=O) groups is 1. The van der Waals surface area contributed by atoms with E-state index in [-0.39, 0.29) is 11.8 Å². The Balaban J connectivity index is 1.99. The molecular weight excluding hydrogens is 354 g/mol. The highest BCUT2D eigenvalue weighted by atomic mass is 16.5. The van der Waals surface area contributed by atoms with Crippen LogP contribution in [0.25, 0.3) is 10.8 Å². The fourth-order valence-corrected chi connectivity index (χ4v) is 4.08. The van der Waals surface area contributed by atoms with Crippen LogP contribution in [-0.2, 0) is 4.79 Å². The molecule has 5 nitrogen and oxygen atoms in total. The van der Waals surface area contributed by atoms with E-state index in [0.717, 1.165) is 27.6 Å². The van der Waals surface area contributed by atoms with Crippen molar-refractivity contribution in [3.63, 3.8) is 0 Å². The van der Waals surface area contributed by atoms with Gasteiger partial charge in [0, 0.05) is 25.1 Å². The molecule has 5 heteroatoms. The second kappa shape index (κ2) is 7.08. The van der Waals surface area contributed by atoms with E-state index in [0.29, 0.717) is 23.7 Å². The minimum atomic E-state index is -0.0986. The first kappa shape index (κ1) is 18.2. The molecule has 0 saturated heterocycles. The molecule has 4 rings (SSSR count). The summed E-state index contributed by atoms with van der Waals surface area (Å²) in [4.78, 5) is 14.5. The number of hydrogen-bond donors (Lipinski definition) is 0. The summed E-state index contributed by atoms with van der Waals surface area (Å²) in [6.45, 7) is 0. The lowest BCUT2D eigenvalue weighted by atomic mass is 9.81. The van der Waals surface area contributed by atoms with Gasteiger partial charge in [0.25, 0.3) is 0 Å². The van der Waals surface area contributed by atoms with E-state index >= 15 is 0 Å². The summed E-state index contributed by atoms with van der Waals surface area (Å²) in [5, 5.41) is 2.31. The Morgan fingerprint density at radius 3 is 2.25 bits per heavy atom. The van der Waals surface area contributed by atoms with Crippen molar-refractivity contribution in [2.75, 3.05) is 33.3 Å². The number of amides is 1. The molecular formula is C23H23NO4. The van der Waals surface area contributed by atoms with Crippen molar-refractivity contribution in [2.24, 2.45) is 0 Å². The third kappa shape index (κ3) is 2.74. The van der Waals surface area contributed by atoms with Crippen molar-refractivity contribution in [2.45, 2.75) is 12.3 Å². The van der Waals surface area contributed by atoms with Crippen LogP contribution in [-0.4, -0.2) is 34.3 Å². The summed E-state index contributed by atoms with van der Waals surface area (Å²) < 4.78 is 16.5. The first-order valence-electron chi connectivity index (χ1n) is 9.17. The molecule has 1 aliphatic rings. The summed E-state index contributed by atoms with van der Waals surface area (Å²) >= 11 is 0. The first-order valence-corrected chi connectivity index (χ1v) is 9.17. The number of benzene rings is 3. The van der Waals surface area contributed by atoms with E-state index in [1.807, 2.05) is 37.4 Å². The molecule has 1 aliphatic heterocycles. The monoisotopic (exact) mass is 377 g/mol. The van der Waals surface area contributed by atoms with Gasteiger partial charge in [-0.3, -0.25) is 4.79 Å². The van der Waals surface area contributed by atoms with E-state index in [1.54, 1.807) is 26.2 Å². The van der Waals surface area contributed by atoms with Gasteiger partial charge in [0.05, 0.1) is 21.3 Å². The summed E-state index contributed by atoms with van der Waals surface area (Å²) in [5.74, 6) is 1.71. The standard InChI is InChI=1S/C23H23NO4/c1-24-18-10-9-14-7-5-6-8-16(14)22(18)17(13-21(24)25)15-11-19(26-2)23(28-4)20(12-15)27-3/h5-12,17H,13H2,1-4H3. The predicted octanol–water partition coefficient (Wildman–Crippen LogP) is 4.36. The van der Waals surface area contributed by atoms with E-state index in [4.69, 9.17) is 14.2 Å². The lowest BCUT2D eigenvalue weighted by molar-refractivity contribution is -0.118. The van der Waals surface area contributed by atoms with E-state index in [1.165, 1.54) is 0 Å². The van der Waals surface area contributed by atoms with Gasteiger partial charge in [-0.25, -0.2) is 0 Å². The zero-order valence-electron chi connectivity index (χ0n) is 16.5. The number of ether oxygens (including phenoxy) is 3. The summed E-state index contributed by atoms with van der Waals surface area (Å²) in [7, 11) is 6.62. The van der Waals surface area contributed by atoms with Crippen molar-refractivity contribution in [1.82, 2.24) is 0 Å². The quantitative estimate of drug-likeness (QED) is 0.678. The Labute approximate surface area is 164 Å². The molecule has 0 bridgehead atoms. The molecule has 0 radical (unpaired) electrons. The molecule has 1 amide bonds. The summed E-state index contributed by atoms with van der Waals surface area (Å²) in [5.41, 5.74) is 3.05. The van der Waals surface area contributed by atoms with Crippen molar-refractivity contribution in [3.05, 3.63) is 59.7 Å². The van der Waals surface area contributed by atoms with Gasteiger partial charge >= 0.3 is 0 Å². The molecule has 144 valence electrons. The maximum atomic E-state index is 12.7. The van der Waals surface area contributed by atoms with Crippen molar-refractivity contribution < 1.29 is 19.0 Å². The lowest BCUT2D eigenvalue weighted by Crippen LogP contribution is -2.33. The molecule has 0 saturated carbocycles. The molecule has 1 heterocycles. The normalized spacial score (nSPS) is 16.1. The minimum absolute atomic E-state index is 0.0848.